The molecule has 19 heavy (non-hydrogen) atoms. The smallest absolute Gasteiger partial charge is 0.0804 e. The van der Waals surface area contributed by atoms with Crippen LogP contribution in [-0.4, -0.2) is 9.59 Å². The topological polar surface area (TPSA) is 63.8 Å². The van der Waals surface area contributed by atoms with Crippen molar-refractivity contribution in [2.75, 3.05) is 0 Å². The molecule has 0 aromatic carbocycles. The zero-order chi connectivity index (χ0) is 13.7. The molecule has 4 nitrogen and oxygen atoms in total. The first kappa shape index (κ1) is 14.9. The average Bonchev–Trinajstić information content (AvgIpc) is 2.89. The summed E-state index contributed by atoms with van der Waals surface area (Å²) in [6, 6.07) is 0.246. The molecule has 0 amide bonds. The highest BCUT2D eigenvalue weighted by atomic mass is 32.1. The van der Waals surface area contributed by atoms with Gasteiger partial charge < -0.3 is 0 Å². The Morgan fingerprint density at radius 2 is 2.26 bits per heavy atom. The summed E-state index contributed by atoms with van der Waals surface area (Å²) >= 11 is 1.52. The summed E-state index contributed by atoms with van der Waals surface area (Å²) < 4.78 is 4.14. The van der Waals surface area contributed by atoms with Crippen LogP contribution in [0, 0.1) is 11.8 Å². The lowest BCUT2D eigenvalue weighted by atomic mass is 9.76. The van der Waals surface area contributed by atoms with Gasteiger partial charge in [-0.2, -0.15) is 0 Å². The molecule has 3 N–H and O–H groups in total. The van der Waals surface area contributed by atoms with Crippen molar-refractivity contribution in [3.63, 3.8) is 0 Å². The van der Waals surface area contributed by atoms with Crippen LogP contribution in [0.15, 0.2) is 0 Å². The van der Waals surface area contributed by atoms with E-state index in [1.54, 1.807) is 0 Å². The van der Waals surface area contributed by atoms with Crippen LogP contribution in [0.5, 0.6) is 0 Å². The molecule has 5 heteroatoms. The van der Waals surface area contributed by atoms with Gasteiger partial charge in [-0.3, -0.25) is 11.3 Å². The van der Waals surface area contributed by atoms with Crippen molar-refractivity contribution >= 4 is 11.5 Å². The van der Waals surface area contributed by atoms with Crippen molar-refractivity contribution in [3.05, 3.63) is 10.6 Å². The molecule has 0 aliphatic heterocycles. The summed E-state index contributed by atoms with van der Waals surface area (Å²) in [6.45, 7) is 4.48. The Morgan fingerprint density at radius 1 is 1.42 bits per heavy atom. The van der Waals surface area contributed by atoms with E-state index in [4.69, 9.17) is 5.84 Å². The molecule has 1 aliphatic carbocycles. The molecule has 0 spiro atoms. The quantitative estimate of drug-likeness (QED) is 0.621. The number of aromatic nitrogens is 2. The van der Waals surface area contributed by atoms with Gasteiger partial charge in [-0.1, -0.05) is 44.0 Å². The SMILES string of the molecule is CCCc1nnsc1C(NN)C1CCCC(CC)C1. The van der Waals surface area contributed by atoms with Crippen LogP contribution in [-0.2, 0) is 6.42 Å². The molecule has 3 unspecified atom stereocenters. The average molecular weight is 282 g/mol. The number of rotatable bonds is 6. The van der Waals surface area contributed by atoms with Crippen LogP contribution in [0.4, 0.5) is 0 Å². The maximum absolute atomic E-state index is 5.85. The summed E-state index contributed by atoms with van der Waals surface area (Å²) in [4.78, 5) is 1.27. The van der Waals surface area contributed by atoms with E-state index in [1.165, 1.54) is 48.5 Å². The molecule has 1 aliphatic rings. The van der Waals surface area contributed by atoms with E-state index >= 15 is 0 Å². The third-order valence-electron chi connectivity index (χ3n) is 4.41. The zero-order valence-electron chi connectivity index (χ0n) is 12.1. The molecule has 1 aromatic heterocycles. The molecule has 1 heterocycles. The van der Waals surface area contributed by atoms with E-state index in [-0.39, 0.29) is 6.04 Å². The van der Waals surface area contributed by atoms with Crippen LogP contribution in [0.3, 0.4) is 0 Å². The Balaban J connectivity index is 2.12. The Morgan fingerprint density at radius 3 is 2.95 bits per heavy atom. The zero-order valence-corrected chi connectivity index (χ0v) is 12.9. The molecule has 0 saturated heterocycles. The second-order valence-electron chi connectivity index (χ2n) is 5.68. The van der Waals surface area contributed by atoms with Crippen molar-refractivity contribution in [1.29, 1.82) is 0 Å². The Labute approximate surface area is 120 Å². The predicted octanol–water partition coefficient (Wildman–Crippen LogP) is 3.21. The highest BCUT2D eigenvalue weighted by Crippen LogP contribution is 2.39. The standard InChI is InChI=1S/C14H26N4S/c1-3-6-12-14(19-18-17-12)13(16-15)11-8-5-7-10(4-2)9-11/h10-11,13,16H,3-9,15H2,1-2H3. The molecular weight excluding hydrogens is 256 g/mol. The Kier molecular flexibility index (Phi) is 5.73. The number of nitrogens with zero attached hydrogens (tertiary/aromatic N) is 2. The molecule has 2 rings (SSSR count). The summed E-state index contributed by atoms with van der Waals surface area (Å²) in [6.07, 6.45) is 8.68. The van der Waals surface area contributed by atoms with Crippen molar-refractivity contribution < 1.29 is 0 Å². The third kappa shape index (κ3) is 3.52. The van der Waals surface area contributed by atoms with Crippen LogP contribution < -0.4 is 11.3 Å². The maximum Gasteiger partial charge on any atom is 0.0804 e. The minimum absolute atomic E-state index is 0.246. The highest BCUT2D eigenvalue weighted by Gasteiger charge is 2.30. The van der Waals surface area contributed by atoms with Gasteiger partial charge >= 0.3 is 0 Å². The molecule has 1 aromatic rings. The number of hydrogen-bond donors (Lipinski definition) is 2. The van der Waals surface area contributed by atoms with Gasteiger partial charge in [0.1, 0.15) is 0 Å². The number of nitrogens with two attached hydrogens (primary N) is 1. The van der Waals surface area contributed by atoms with Gasteiger partial charge in [-0.25, -0.2) is 0 Å². The number of hydrazine groups is 1. The fourth-order valence-electron chi connectivity index (χ4n) is 3.29. The molecule has 1 saturated carbocycles. The van der Waals surface area contributed by atoms with Gasteiger partial charge in [-0.15, -0.1) is 5.10 Å². The first-order chi connectivity index (χ1) is 9.30. The summed E-state index contributed by atoms with van der Waals surface area (Å²) in [5.41, 5.74) is 4.20. The summed E-state index contributed by atoms with van der Waals surface area (Å²) in [7, 11) is 0. The molecule has 108 valence electrons. The lowest BCUT2D eigenvalue weighted by molar-refractivity contribution is 0.211. The van der Waals surface area contributed by atoms with Gasteiger partial charge in [0.15, 0.2) is 0 Å². The van der Waals surface area contributed by atoms with E-state index in [0.29, 0.717) is 5.92 Å². The van der Waals surface area contributed by atoms with E-state index in [2.05, 4.69) is 28.9 Å². The summed E-state index contributed by atoms with van der Waals surface area (Å²) in [5, 5.41) is 4.28. The molecule has 0 bridgehead atoms. The molecular formula is C14H26N4S. The molecule has 3 atom stereocenters. The van der Waals surface area contributed by atoms with Crippen LogP contribution in [0.2, 0.25) is 0 Å². The molecule has 0 radical (unpaired) electrons. The predicted molar refractivity (Wildman–Crippen MR) is 79.7 cm³/mol. The first-order valence-electron chi connectivity index (χ1n) is 7.57. The second kappa shape index (κ2) is 7.31. The van der Waals surface area contributed by atoms with Crippen LogP contribution in [0.1, 0.15) is 69.0 Å². The number of nitrogens with one attached hydrogen (secondary N) is 1. The maximum atomic E-state index is 5.85. The van der Waals surface area contributed by atoms with Gasteiger partial charge in [0, 0.05) is 0 Å². The monoisotopic (exact) mass is 282 g/mol. The van der Waals surface area contributed by atoms with Crippen molar-refractivity contribution in [3.8, 4) is 0 Å². The van der Waals surface area contributed by atoms with E-state index in [1.807, 2.05) is 0 Å². The minimum atomic E-state index is 0.246. The second-order valence-corrected chi connectivity index (χ2v) is 6.46. The highest BCUT2D eigenvalue weighted by molar-refractivity contribution is 7.05. The fourth-order valence-corrected chi connectivity index (χ4v) is 4.14. The van der Waals surface area contributed by atoms with Gasteiger partial charge in [0.2, 0.25) is 0 Å². The molecule has 1 fully saturated rings. The largest absolute Gasteiger partial charge is 0.271 e. The summed E-state index contributed by atoms with van der Waals surface area (Å²) in [5.74, 6) is 7.35. The van der Waals surface area contributed by atoms with Crippen LogP contribution in [0.25, 0.3) is 0 Å². The van der Waals surface area contributed by atoms with Crippen molar-refractivity contribution in [2.45, 2.75) is 64.8 Å². The van der Waals surface area contributed by atoms with Gasteiger partial charge in [-0.05, 0) is 42.6 Å². The Bertz CT molecular complexity index is 379. The number of aryl methyl sites for hydroxylation is 1. The fraction of sp³-hybridized carbons (Fsp3) is 0.857. The van der Waals surface area contributed by atoms with Crippen molar-refractivity contribution in [1.82, 2.24) is 15.0 Å². The minimum Gasteiger partial charge on any atom is -0.271 e. The van der Waals surface area contributed by atoms with Crippen molar-refractivity contribution in [2.24, 2.45) is 17.7 Å². The van der Waals surface area contributed by atoms with Gasteiger partial charge in [0.05, 0.1) is 16.6 Å². The van der Waals surface area contributed by atoms with Crippen LogP contribution >= 0.6 is 11.5 Å². The van der Waals surface area contributed by atoms with E-state index < -0.39 is 0 Å². The van der Waals surface area contributed by atoms with Gasteiger partial charge in [0.25, 0.3) is 0 Å². The lowest BCUT2D eigenvalue weighted by Gasteiger charge is -2.33. The lowest BCUT2D eigenvalue weighted by Crippen LogP contribution is -2.36. The normalized spacial score (nSPS) is 25.4. The first-order valence-corrected chi connectivity index (χ1v) is 8.34. The third-order valence-corrected chi connectivity index (χ3v) is 5.26. The number of hydrogen-bond acceptors (Lipinski definition) is 5. The van der Waals surface area contributed by atoms with E-state index in [0.717, 1.165) is 24.5 Å². The van der Waals surface area contributed by atoms with E-state index in [9.17, 15) is 0 Å². The Hall–Kier alpha value is -0.520.